The molecule has 0 saturated heterocycles. The van der Waals surface area contributed by atoms with E-state index in [1.807, 2.05) is 0 Å². The summed E-state index contributed by atoms with van der Waals surface area (Å²) in [7, 11) is 1.63. The zero-order chi connectivity index (χ0) is 15.7. The number of methoxy groups -OCH3 is 1. The van der Waals surface area contributed by atoms with Crippen LogP contribution in [-0.2, 0) is 9.53 Å². The summed E-state index contributed by atoms with van der Waals surface area (Å²) in [6.45, 7) is 2.38. The molecule has 0 radical (unpaired) electrons. The molecule has 0 saturated carbocycles. The van der Waals surface area contributed by atoms with Crippen LogP contribution in [0.3, 0.4) is 0 Å². The first-order chi connectivity index (χ1) is 10.0. The summed E-state index contributed by atoms with van der Waals surface area (Å²) >= 11 is 17.6. The molecule has 8 heteroatoms. The van der Waals surface area contributed by atoms with Gasteiger partial charge in [0.1, 0.15) is 5.75 Å². The molecule has 0 aromatic heterocycles. The second-order valence-corrected chi connectivity index (χ2v) is 5.30. The molecule has 1 aromatic rings. The van der Waals surface area contributed by atoms with Crippen molar-refractivity contribution in [3.63, 3.8) is 0 Å². The van der Waals surface area contributed by atoms with E-state index in [-0.39, 0.29) is 12.5 Å². The Balaban J connectivity index is 2.25. The lowest BCUT2D eigenvalue weighted by Crippen LogP contribution is -2.35. The van der Waals surface area contributed by atoms with E-state index in [0.29, 0.717) is 40.5 Å². The zero-order valence-corrected chi connectivity index (χ0v) is 13.8. The highest BCUT2D eigenvalue weighted by atomic mass is 35.5. The van der Waals surface area contributed by atoms with Crippen molar-refractivity contribution in [3.05, 3.63) is 27.2 Å². The van der Waals surface area contributed by atoms with Gasteiger partial charge >= 0.3 is 0 Å². The van der Waals surface area contributed by atoms with Crippen LogP contribution in [0.1, 0.15) is 0 Å². The summed E-state index contributed by atoms with van der Waals surface area (Å²) in [6.07, 6.45) is 0. The van der Waals surface area contributed by atoms with E-state index >= 15 is 0 Å². The van der Waals surface area contributed by atoms with Gasteiger partial charge in [0, 0.05) is 32.8 Å². The number of carbonyl (C=O) groups excluding carboxylic acids is 1. The molecule has 5 nitrogen and oxygen atoms in total. The maximum absolute atomic E-state index is 11.6. The van der Waals surface area contributed by atoms with Gasteiger partial charge in [-0.1, -0.05) is 34.8 Å². The van der Waals surface area contributed by atoms with Gasteiger partial charge < -0.3 is 20.1 Å². The molecule has 0 unspecified atom stereocenters. The third kappa shape index (κ3) is 7.20. The lowest BCUT2D eigenvalue weighted by molar-refractivity contribution is -0.123. The first kappa shape index (κ1) is 18.3. The lowest BCUT2D eigenvalue weighted by Gasteiger charge is -2.10. The van der Waals surface area contributed by atoms with E-state index in [2.05, 4.69) is 10.6 Å². The van der Waals surface area contributed by atoms with E-state index in [1.165, 1.54) is 12.1 Å². The number of carbonyl (C=O) groups is 1. The van der Waals surface area contributed by atoms with Crippen LogP contribution in [0, 0.1) is 0 Å². The van der Waals surface area contributed by atoms with Gasteiger partial charge in [-0.05, 0) is 6.07 Å². The van der Waals surface area contributed by atoms with Crippen LogP contribution in [0.15, 0.2) is 12.1 Å². The van der Waals surface area contributed by atoms with E-state index in [1.54, 1.807) is 7.11 Å². The predicted octanol–water partition coefficient (Wildman–Crippen LogP) is 2.38. The second-order valence-electron chi connectivity index (χ2n) is 4.08. The summed E-state index contributed by atoms with van der Waals surface area (Å²) in [5, 5.41) is 6.77. The van der Waals surface area contributed by atoms with Crippen LogP contribution in [0.2, 0.25) is 15.1 Å². The number of benzene rings is 1. The minimum atomic E-state index is -0.245. The van der Waals surface area contributed by atoms with Crippen molar-refractivity contribution in [3.8, 4) is 5.75 Å². The Morgan fingerprint density at radius 1 is 1.10 bits per heavy atom. The van der Waals surface area contributed by atoms with Crippen LogP contribution in [0.5, 0.6) is 5.75 Å². The fourth-order valence-corrected chi connectivity index (χ4v) is 1.99. The zero-order valence-electron chi connectivity index (χ0n) is 11.5. The standard InChI is InChI=1S/C13H17Cl3N2O3/c1-20-5-4-17-2-3-18-13(19)8-21-12-7-10(15)9(14)6-11(12)16/h6-7,17H,2-5,8H2,1H3,(H,18,19). The predicted molar refractivity (Wildman–Crippen MR) is 84.7 cm³/mol. The molecule has 0 aliphatic rings. The third-order valence-corrected chi connectivity index (χ3v) is 3.46. The van der Waals surface area contributed by atoms with Crippen molar-refractivity contribution in [1.29, 1.82) is 0 Å². The summed E-state index contributed by atoms with van der Waals surface area (Å²) in [6, 6.07) is 2.95. The minimum Gasteiger partial charge on any atom is -0.482 e. The molecule has 0 spiro atoms. The van der Waals surface area contributed by atoms with Gasteiger partial charge in [0.25, 0.3) is 5.91 Å². The monoisotopic (exact) mass is 354 g/mol. The number of amides is 1. The molecular formula is C13H17Cl3N2O3. The first-order valence-corrected chi connectivity index (χ1v) is 7.41. The lowest BCUT2D eigenvalue weighted by atomic mass is 10.3. The van der Waals surface area contributed by atoms with Crippen LogP contribution in [0.25, 0.3) is 0 Å². The molecule has 2 N–H and O–H groups in total. The molecule has 1 rings (SSSR count). The Labute approximate surface area is 138 Å². The van der Waals surface area contributed by atoms with Crippen LogP contribution < -0.4 is 15.4 Å². The van der Waals surface area contributed by atoms with Crippen molar-refractivity contribution in [2.24, 2.45) is 0 Å². The quantitative estimate of drug-likeness (QED) is 0.527. The van der Waals surface area contributed by atoms with E-state index in [4.69, 9.17) is 44.3 Å². The van der Waals surface area contributed by atoms with E-state index in [9.17, 15) is 4.79 Å². The topological polar surface area (TPSA) is 59.6 Å². The smallest absolute Gasteiger partial charge is 0.257 e. The van der Waals surface area contributed by atoms with Crippen LogP contribution in [0.4, 0.5) is 0 Å². The highest BCUT2D eigenvalue weighted by molar-refractivity contribution is 6.43. The van der Waals surface area contributed by atoms with Gasteiger partial charge in [0.05, 0.1) is 21.7 Å². The number of nitrogens with one attached hydrogen (secondary N) is 2. The minimum absolute atomic E-state index is 0.143. The van der Waals surface area contributed by atoms with Gasteiger partial charge in [-0.2, -0.15) is 0 Å². The fourth-order valence-electron chi connectivity index (χ4n) is 1.40. The van der Waals surface area contributed by atoms with Gasteiger partial charge in [0.15, 0.2) is 6.61 Å². The Morgan fingerprint density at radius 2 is 1.81 bits per heavy atom. The largest absolute Gasteiger partial charge is 0.482 e. The van der Waals surface area contributed by atoms with Crippen LogP contribution in [-0.4, -0.2) is 45.9 Å². The third-order valence-electron chi connectivity index (χ3n) is 2.44. The number of halogens is 3. The Bertz CT molecular complexity index is 472. The molecule has 118 valence electrons. The van der Waals surface area contributed by atoms with Crippen molar-refractivity contribution >= 4 is 40.7 Å². The molecule has 0 bridgehead atoms. The first-order valence-electron chi connectivity index (χ1n) is 6.28. The Morgan fingerprint density at radius 3 is 2.52 bits per heavy atom. The molecule has 0 fully saturated rings. The van der Waals surface area contributed by atoms with Crippen molar-refractivity contribution in [1.82, 2.24) is 10.6 Å². The second kappa shape index (κ2) is 10.1. The number of rotatable bonds is 9. The molecule has 0 aliphatic carbocycles. The molecule has 1 amide bonds. The highest BCUT2D eigenvalue weighted by Gasteiger charge is 2.09. The molecule has 1 aromatic carbocycles. The molecule has 0 heterocycles. The fraction of sp³-hybridized carbons (Fsp3) is 0.462. The van der Waals surface area contributed by atoms with Gasteiger partial charge in [0.2, 0.25) is 0 Å². The molecular weight excluding hydrogens is 339 g/mol. The number of ether oxygens (including phenoxy) is 2. The molecule has 21 heavy (non-hydrogen) atoms. The van der Waals surface area contributed by atoms with Crippen molar-refractivity contribution in [2.45, 2.75) is 0 Å². The molecule has 0 aliphatic heterocycles. The summed E-state index contributed by atoms with van der Waals surface area (Å²) in [5.41, 5.74) is 0. The number of hydrogen-bond donors (Lipinski definition) is 2. The van der Waals surface area contributed by atoms with Gasteiger partial charge in [-0.3, -0.25) is 4.79 Å². The average molecular weight is 356 g/mol. The van der Waals surface area contributed by atoms with Gasteiger partial charge in [-0.25, -0.2) is 0 Å². The van der Waals surface area contributed by atoms with Crippen molar-refractivity contribution < 1.29 is 14.3 Å². The summed E-state index contributed by atoms with van der Waals surface area (Å²) < 4.78 is 10.2. The SMILES string of the molecule is COCCNCCNC(=O)COc1cc(Cl)c(Cl)cc1Cl. The van der Waals surface area contributed by atoms with Crippen LogP contribution >= 0.6 is 34.8 Å². The Hall–Kier alpha value is -0.720. The molecule has 0 atom stereocenters. The van der Waals surface area contributed by atoms with Crippen molar-refractivity contribution in [2.75, 3.05) is 40.0 Å². The average Bonchev–Trinajstić information content (AvgIpc) is 2.45. The van der Waals surface area contributed by atoms with E-state index in [0.717, 1.165) is 6.54 Å². The Kier molecular flexibility index (Phi) is 8.80. The summed E-state index contributed by atoms with van der Waals surface area (Å²) in [5.74, 6) is 0.0742. The normalized spacial score (nSPS) is 10.5. The maximum atomic E-state index is 11.6. The number of hydrogen-bond acceptors (Lipinski definition) is 4. The maximum Gasteiger partial charge on any atom is 0.257 e. The van der Waals surface area contributed by atoms with E-state index < -0.39 is 0 Å². The summed E-state index contributed by atoms with van der Waals surface area (Å²) in [4.78, 5) is 11.6. The van der Waals surface area contributed by atoms with Gasteiger partial charge in [-0.15, -0.1) is 0 Å². The highest BCUT2D eigenvalue weighted by Crippen LogP contribution is 2.33.